The summed E-state index contributed by atoms with van der Waals surface area (Å²) in [6, 6.07) is 15.0. The Morgan fingerprint density at radius 1 is 1.22 bits per heavy atom. The van der Waals surface area contributed by atoms with E-state index in [4.69, 9.17) is 19.0 Å². The van der Waals surface area contributed by atoms with Crippen LogP contribution in [0.5, 0.6) is 5.75 Å². The van der Waals surface area contributed by atoms with Gasteiger partial charge in [0.2, 0.25) is 0 Å². The Labute approximate surface area is 157 Å². The van der Waals surface area contributed by atoms with E-state index in [0.29, 0.717) is 11.3 Å². The molecule has 0 saturated carbocycles. The van der Waals surface area contributed by atoms with Gasteiger partial charge in [0.1, 0.15) is 0 Å². The highest BCUT2D eigenvalue weighted by atomic mass is 16.5. The van der Waals surface area contributed by atoms with Crippen LogP contribution in [-0.2, 0) is 4.74 Å². The fourth-order valence-electron chi connectivity index (χ4n) is 2.83. The summed E-state index contributed by atoms with van der Waals surface area (Å²) in [5, 5.41) is 12.7. The summed E-state index contributed by atoms with van der Waals surface area (Å²) in [5.41, 5.74) is 2.61. The predicted molar refractivity (Wildman–Crippen MR) is 102 cm³/mol. The molecule has 0 saturated heterocycles. The number of aliphatic hydroxyl groups is 1. The average molecular weight is 369 g/mol. The molecule has 1 aromatic heterocycles. The Balaban J connectivity index is 1.72. The number of aliphatic hydroxyl groups excluding tert-OH is 1. The molecule has 0 radical (unpaired) electrons. The first kappa shape index (κ1) is 18.9. The van der Waals surface area contributed by atoms with E-state index in [-0.39, 0.29) is 37.5 Å². The monoisotopic (exact) mass is 369 g/mol. The zero-order valence-corrected chi connectivity index (χ0v) is 15.4. The van der Waals surface area contributed by atoms with Crippen molar-refractivity contribution in [3.8, 4) is 5.75 Å². The number of aryl methyl sites for hydroxylation is 1. The maximum Gasteiger partial charge on any atom is 0.287 e. The lowest BCUT2D eigenvalue weighted by Gasteiger charge is -2.18. The van der Waals surface area contributed by atoms with Crippen molar-refractivity contribution in [1.29, 1.82) is 0 Å². The molecule has 0 spiro atoms. The van der Waals surface area contributed by atoms with Crippen LogP contribution < -0.4 is 10.1 Å². The molecule has 3 aromatic rings. The average Bonchev–Trinajstić information content (AvgIpc) is 3.13. The first-order valence-electron chi connectivity index (χ1n) is 8.76. The van der Waals surface area contributed by atoms with Crippen molar-refractivity contribution in [2.75, 3.05) is 26.9 Å². The van der Waals surface area contributed by atoms with Crippen molar-refractivity contribution in [1.82, 2.24) is 5.32 Å². The van der Waals surface area contributed by atoms with E-state index in [1.807, 2.05) is 43.3 Å². The molecule has 1 atom stereocenters. The maximum absolute atomic E-state index is 12.5. The molecule has 142 valence electrons. The maximum atomic E-state index is 12.5. The summed E-state index contributed by atoms with van der Waals surface area (Å²) in [5.74, 6) is 0.452. The van der Waals surface area contributed by atoms with Crippen LogP contribution in [0.3, 0.4) is 0 Å². The number of hydrogen-bond donors (Lipinski definition) is 2. The molecular weight excluding hydrogens is 346 g/mol. The lowest BCUT2D eigenvalue weighted by atomic mass is 10.1. The molecule has 0 aliphatic heterocycles. The van der Waals surface area contributed by atoms with Crippen molar-refractivity contribution >= 4 is 16.9 Å². The van der Waals surface area contributed by atoms with Gasteiger partial charge in [-0.15, -0.1) is 0 Å². The van der Waals surface area contributed by atoms with Gasteiger partial charge in [0.25, 0.3) is 5.91 Å². The third kappa shape index (κ3) is 4.48. The van der Waals surface area contributed by atoms with Gasteiger partial charge in [-0.2, -0.15) is 0 Å². The van der Waals surface area contributed by atoms with Gasteiger partial charge in [-0.05, 0) is 24.6 Å². The minimum Gasteiger partial charge on any atom is -0.493 e. The fraction of sp³-hybridized carbons (Fsp3) is 0.286. The molecule has 0 bridgehead atoms. The largest absolute Gasteiger partial charge is 0.493 e. The van der Waals surface area contributed by atoms with Crippen molar-refractivity contribution in [2.45, 2.75) is 13.0 Å². The Morgan fingerprint density at radius 3 is 2.70 bits per heavy atom. The highest BCUT2D eigenvalue weighted by Crippen LogP contribution is 2.28. The minimum absolute atomic E-state index is 0.0837. The number of carbonyl (C=O) groups excluding carboxylic acids is 1. The van der Waals surface area contributed by atoms with E-state index >= 15 is 0 Å². The number of para-hydroxylation sites is 1. The van der Waals surface area contributed by atoms with Crippen LogP contribution in [0.15, 0.2) is 52.9 Å². The second-order valence-corrected chi connectivity index (χ2v) is 6.19. The van der Waals surface area contributed by atoms with Crippen molar-refractivity contribution in [3.63, 3.8) is 0 Å². The number of furan rings is 1. The van der Waals surface area contributed by atoms with Gasteiger partial charge in [0.15, 0.2) is 17.1 Å². The molecule has 0 aliphatic carbocycles. The highest BCUT2D eigenvalue weighted by Gasteiger charge is 2.18. The standard InChI is InChI=1S/C21H23NO5/c1-14-6-8-15(9-7-14)19(26-11-10-23)13-22-21(24)18-12-16-4-3-5-17(25-2)20(16)27-18/h3-9,12,19,23H,10-11,13H2,1-2H3,(H,22,24)/t19-/m0/s1. The van der Waals surface area contributed by atoms with Crippen molar-refractivity contribution in [2.24, 2.45) is 0 Å². The Bertz CT molecular complexity index is 901. The molecule has 2 N–H and O–H groups in total. The second kappa shape index (κ2) is 8.70. The van der Waals surface area contributed by atoms with Crippen LogP contribution in [0.1, 0.15) is 27.8 Å². The molecular formula is C21H23NO5. The smallest absolute Gasteiger partial charge is 0.287 e. The van der Waals surface area contributed by atoms with Crippen molar-refractivity contribution < 1.29 is 23.8 Å². The summed E-state index contributed by atoms with van der Waals surface area (Å²) in [6.07, 6.45) is -0.361. The van der Waals surface area contributed by atoms with Gasteiger partial charge in [0, 0.05) is 11.9 Å². The zero-order chi connectivity index (χ0) is 19.2. The highest BCUT2D eigenvalue weighted by molar-refractivity contribution is 5.97. The van der Waals surface area contributed by atoms with Crippen LogP contribution in [0.2, 0.25) is 0 Å². The van der Waals surface area contributed by atoms with E-state index < -0.39 is 0 Å². The lowest BCUT2D eigenvalue weighted by Crippen LogP contribution is -2.29. The first-order chi connectivity index (χ1) is 13.1. The van der Waals surface area contributed by atoms with Crippen LogP contribution in [-0.4, -0.2) is 37.9 Å². The molecule has 2 aromatic carbocycles. The topological polar surface area (TPSA) is 80.9 Å². The Hall–Kier alpha value is -2.83. The molecule has 27 heavy (non-hydrogen) atoms. The molecule has 6 heteroatoms. The fourth-order valence-corrected chi connectivity index (χ4v) is 2.83. The first-order valence-corrected chi connectivity index (χ1v) is 8.76. The quantitative estimate of drug-likeness (QED) is 0.637. The van der Waals surface area contributed by atoms with E-state index in [0.717, 1.165) is 16.5 Å². The van der Waals surface area contributed by atoms with Gasteiger partial charge in [-0.1, -0.05) is 42.0 Å². The number of benzene rings is 2. The number of ether oxygens (including phenoxy) is 2. The number of fused-ring (bicyclic) bond motifs is 1. The summed E-state index contributed by atoms with van der Waals surface area (Å²) >= 11 is 0. The second-order valence-electron chi connectivity index (χ2n) is 6.19. The predicted octanol–water partition coefficient (Wildman–Crippen LogP) is 3.23. The number of hydrogen-bond acceptors (Lipinski definition) is 5. The van der Waals surface area contributed by atoms with Gasteiger partial charge < -0.3 is 24.3 Å². The third-order valence-electron chi connectivity index (χ3n) is 4.26. The van der Waals surface area contributed by atoms with E-state index in [9.17, 15) is 4.79 Å². The van der Waals surface area contributed by atoms with Gasteiger partial charge in [-0.25, -0.2) is 0 Å². The molecule has 0 unspecified atom stereocenters. The van der Waals surface area contributed by atoms with Gasteiger partial charge in [-0.3, -0.25) is 4.79 Å². The number of rotatable bonds is 8. The van der Waals surface area contributed by atoms with Crippen LogP contribution >= 0.6 is 0 Å². The minimum atomic E-state index is -0.361. The number of carbonyl (C=O) groups is 1. The summed E-state index contributed by atoms with van der Waals surface area (Å²) < 4.78 is 16.6. The number of nitrogens with one attached hydrogen (secondary N) is 1. The Kier molecular flexibility index (Phi) is 6.11. The third-order valence-corrected chi connectivity index (χ3v) is 4.26. The van der Waals surface area contributed by atoms with Gasteiger partial charge >= 0.3 is 0 Å². The van der Waals surface area contributed by atoms with E-state index in [1.165, 1.54) is 0 Å². The summed E-state index contributed by atoms with van der Waals surface area (Å²) in [6.45, 7) is 2.37. The number of methoxy groups -OCH3 is 1. The molecule has 3 rings (SSSR count). The van der Waals surface area contributed by atoms with Crippen LogP contribution in [0.4, 0.5) is 0 Å². The zero-order valence-electron chi connectivity index (χ0n) is 15.4. The lowest BCUT2D eigenvalue weighted by molar-refractivity contribution is 0.0275. The summed E-state index contributed by atoms with van der Waals surface area (Å²) in [7, 11) is 1.56. The molecule has 6 nitrogen and oxygen atoms in total. The Morgan fingerprint density at radius 2 is 2.00 bits per heavy atom. The molecule has 1 heterocycles. The van der Waals surface area contributed by atoms with E-state index in [2.05, 4.69) is 5.32 Å². The van der Waals surface area contributed by atoms with Crippen LogP contribution in [0, 0.1) is 6.92 Å². The van der Waals surface area contributed by atoms with Crippen LogP contribution in [0.25, 0.3) is 11.0 Å². The SMILES string of the molecule is COc1cccc2cc(C(=O)NC[C@H](OCCO)c3ccc(C)cc3)oc12. The molecule has 0 aliphatic rings. The molecule has 1 amide bonds. The molecule has 0 fully saturated rings. The van der Waals surface area contributed by atoms with Crippen molar-refractivity contribution in [3.05, 3.63) is 65.4 Å². The number of amides is 1. The van der Waals surface area contributed by atoms with E-state index in [1.54, 1.807) is 19.2 Å². The van der Waals surface area contributed by atoms with Gasteiger partial charge in [0.05, 0.1) is 26.4 Å². The summed E-state index contributed by atoms with van der Waals surface area (Å²) in [4.78, 5) is 12.5. The normalized spacial score (nSPS) is 12.1.